The van der Waals surface area contributed by atoms with Gasteiger partial charge in [-0.25, -0.2) is 4.39 Å². The first-order chi connectivity index (χ1) is 7.24. The quantitative estimate of drug-likeness (QED) is 0.601. The van der Waals surface area contributed by atoms with Gasteiger partial charge in [-0.1, -0.05) is 17.7 Å². The van der Waals surface area contributed by atoms with Crippen molar-refractivity contribution in [1.29, 1.82) is 0 Å². The summed E-state index contributed by atoms with van der Waals surface area (Å²) in [5.74, 6) is 0.393. The molecule has 4 heteroatoms. The van der Waals surface area contributed by atoms with Gasteiger partial charge in [-0.15, -0.1) is 11.6 Å². The van der Waals surface area contributed by atoms with E-state index in [1.165, 1.54) is 12.1 Å². The van der Waals surface area contributed by atoms with Crippen LogP contribution < -0.4 is 5.32 Å². The van der Waals surface area contributed by atoms with Crippen LogP contribution in [-0.2, 0) is 6.54 Å². The lowest BCUT2D eigenvalue weighted by Crippen LogP contribution is -2.15. The van der Waals surface area contributed by atoms with Gasteiger partial charge in [-0.2, -0.15) is 0 Å². The van der Waals surface area contributed by atoms with Crippen LogP contribution in [0.2, 0.25) is 5.02 Å². The molecule has 0 atom stereocenters. The molecule has 15 heavy (non-hydrogen) atoms. The predicted octanol–water partition coefficient (Wildman–Crippen LogP) is 3.59. The molecule has 84 valence electrons. The fourth-order valence-corrected chi connectivity index (χ4v) is 1.66. The van der Waals surface area contributed by atoms with E-state index in [1.54, 1.807) is 6.07 Å². The monoisotopic (exact) mass is 249 g/mol. The number of nitrogens with one attached hydrogen (secondary N) is 1. The molecule has 0 amide bonds. The van der Waals surface area contributed by atoms with E-state index < -0.39 is 0 Å². The van der Waals surface area contributed by atoms with E-state index in [0.717, 1.165) is 24.9 Å². The van der Waals surface area contributed by atoms with Crippen molar-refractivity contribution in [3.8, 4) is 0 Å². The van der Waals surface area contributed by atoms with Gasteiger partial charge >= 0.3 is 0 Å². The van der Waals surface area contributed by atoms with Gasteiger partial charge in [0.25, 0.3) is 0 Å². The van der Waals surface area contributed by atoms with Crippen molar-refractivity contribution < 1.29 is 4.39 Å². The highest BCUT2D eigenvalue weighted by Crippen LogP contribution is 2.16. The molecule has 1 rings (SSSR count). The summed E-state index contributed by atoms with van der Waals surface area (Å²) in [6, 6.07) is 4.45. The third-order valence-corrected chi connectivity index (χ3v) is 2.69. The zero-order chi connectivity index (χ0) is 11.1. The Morgan fingerprint density at radius 1 is 1.27 bits per heavy atom. The van der Waals surface area contributed by atoms with Crippen molar-refractivity contribution in [2.75, 3.05) is 12.4 Å². The Hall–Kier alpha value is -0.310. The first kappa shape index (κ1) is 12.8. The lowest BCUT2D eigenvalue weighted by molar-refractivity contribution is 0.621. The Labute approximate surface area is 99.6 Å². The highest BCUT2D eigenvalue weighted by molar-refractivity contribution is 6.31. The second-order valence-electron chi connectivity index (χ2n) is 3.31. The van der Waals surface area contributed by atoms with Crippen LogP contribution in [0.4, 0.5) is 4.39 Å². The summed E-state index contributed by atoms with van der Waals surface area (Å²) in [4.78, 5) is 0. The van der Waals surface area contributed by atoms with Gasteiger partial charge in [0.1, 0.15) is 5.82 Å². The van der Waals surface area contributed by atoms with Crippen LogP contribution in [-0.4, -0.2) is 12.4 Å². The maximum absolute atomic E-state index is 12.7. The topological polar surface area (TPSA) is 12.0 Å². The Morgan fingerprint density at radius 2 is 2.07 bits per heavy atom. The highest BCUT2D eigenvalue weighted by Gasteiger charge is 2.00. The largest absolute Gasteiger partial charge is 0.313 e. The van der Waals surface area contributed by atoms with Gasteiger partial charge in [0.05, 0.1) is 0 Å². The molecule has 0 spiro atoms. The van der Waals surface area contributed by atoms with E-state index in [1.807, 2.05) is 0 Å². The van der Waals surface area contributed by atoms with Crippen LogP contribution in [0.25, 0.3) is 0 Å². The highest BCUT2D eigenvalue weighted by atomic mass is 35.5. The minimum absolute atomic E-state index is 0.300. The van der Waals surface area contributed by atoms with Gasteiger partial charge in [0, 0.05) is 17.4 Å². The molecule has 0 saturated heterocycles. The summed E-state index contributed by atoms with van der Waals surface area (Å²) in [7, 11) is 0. The Balaban J connectivity index is 2.31. The molecule has 0 aliphatic carbocycles. The van der Waals surface area contributed by atoms with Crippen molar-refractivity contribution in [3.05, 3.63) is 34.6 Å². The molecular formula is C11H14Cl2FN. The number of halogens is 3. The number of hydrogen-bond donors (Lipinski definition) is 1. The number of benzene rings is 1. The normalized spacial score (nSPS) is 10.6. The average molecular weight is 250 g/mol. The second kappa shape index (κ2) is 7.04. The maximum Gasteiger partial charge on any atom is 0.124 e. The summed E-state index contributed by atoms with van der Waals surface area (Å²) in [5, 5.41) is 3.70. The standard InChI is InChI=1S/C11H14Cl2FN/c12-5-1-2-6-15-8-9-3-4-10(14)7-11(9)13/h3-4,7,15H,1-2,5-6,8H2. The van der Waals surface area contributed by atoms with Crippen molar-refractivity contribution in [2.24, 2.45) is 0 Å². The molecule has 0 aliphatic heterocycles. The van der Waals surface area contributed by atoms with Crippen LogP contribution in [0.1, 0.15) is 18.4 Å². The molecule has 0 bridgehead atoms. The van der Waals surface area contributed by atoms with Crippen molar-refractivity contribution >= 4 is 23.2 Å². The van der Waals surface area contributed by atoms with E-state index >= 15 is 0 Å². The molecule has 0 saturated carbocycles. The smallest absolute Gasteiger partial charge is 0.124 e. The van der Waals surface area contributed by atoms with Crippen LogP contribution in [0.15, 0.2) is 18.2 Å². The summed E-state index contributed by atoms with van der Waals surface area (Å²) in [5.41, 5.74) is 0.920. The minimum atomic E-state index is -0.300. The fourth-order valence-electron chi connectivity index (χ4n) is 1.23. The number of hydrogen-bond acceptors (Lipinski definition) is 1. The van der Waals surface area contributed by atoms with Gasteiger partial charge < -0.3 is 5.32 Å². The molecule has 1 nitrogen and oxygen atoms in total. The van der Waals surface area contributed by atoms with E-state index in [0.29, 0.717) is 17.4 Å². The zero-order valence-corrected chi connectivity index (χ0v) is 9.91. The molecule has 0 fully saturated rings. The molecule has 0 aliphatic rings. The number of unbranched alkanes of at least 4 members (excludes halogenated alkanes) is 1. The van der Waals surface area contributed by atoms with Crippen molar-refractivity contribution in [2.45, 2.75) is 19.4 Å². The van der Waals surface area contributed by atoms with E-state index in [-0.39, 0.29) is 5.82 Å². The predicted molar refractivity (Wildman–Crippen MR) is 63.1 cm³/mol. The third kappa shape index (κ3) is 4.83. The molecule has 1 aromatic rings. The third-order valence-electron chi connectivity index (χ3n) is 2.07. The van der Waals surface area contributed by atoms with Crippen LogP contribution in [0, 0.1) is 5.82 Å². The SMILES string of the molecule is Fc1ccc(CNCCCCCl)c(Cl)c1. The maximum atomic E-state index is 12.7. The van der Waals surface area contributed by atoms with Crippen LogP contribution in [0.5, 0.6) is 0 Å². The van der Waals surface area contributed by atoms with E-state index in [2.05, 4.69) is 5.32 Å². The number of rotatable bonds is 6. The minimum Gasteiger partial charge on any atom is -0.313 e. The average Bonchev–Trinajstić information content (AvgIpc) is 2.20. The molecule has 1 N–H and O–H groups in total. The second-order valence-corrected chi connectivity index (χ2v) is 4.09. The Bertz CT molecular complexity index is 305. The molecule has 0 unspecified atom stereocenters. The zero-order valence-electron chi connectivity index (χ0n) is 8.40. The number of alkyl halides is 1. The summed E-state index contributed by atoms with van der Waals surface area (Å²) in [6.07, 6.45) is 2.05. The molecule has 1 aromatic carbocycles. The van der Waals surface area contributed by atoms with Crippen LogP contribution in [0.3, 0.4) is 0 Å². The van der Waals surface area contributed by atoms with Crippen LogP contribution >= 0.6 is 23.2 Å². The summed E-state index contributed by atoms with van der Waals surface area (Å²) >= 11 is 11.4. The first-order valence-corrected chi connectivity index (χ1v) is 5.86. The van der Waals surface area contributed by atoms with E-state index in [4.69, 9.17) is 23.2 Å². The van der Waals surface area contributed by atoms with E-state index in [9.17, 15) is 4.39 Å². The van der Waals surface area contributed by atoms with Crippen molar-refractivity contribution in [1.82, 2.24) is 5.32 Å². The molecule has 0 heterocycles. The Morgan fingerprint density at radius 3 is 2.73 bits per heavy atom. The summed E-state index contributed by atoms with van der Waals surface area (Å²) < 4.78 is 12.7. The van der Waals surface area contributed by atoms with Crippen molar-refractivity contribution in [3.63, 3.8) is 0 Å². The molecule has 0 aromatic heterocycles. The van der Waals surface area contributed by atoms with Gasteiger partial charge in [-0.05, 0) is 37.1 Å². The summed E-state index contributed by atoms with van der Waals surface area (Å²) in [6.45, 7) is 1.57. The van der Waals surface area contributed by atoms with Gasteiger partial charge in [0.15, 0.2) is 0 Å². The lowest BCUT2D eigenvalue weighted by Gasteiger charge is -2.06. The Kier molecular flexibility index (Phi) is 5.99. The first-order valence-electron chi connectivity index (χ1n) is 4.94. The fraction of sp³-hybridized carbons (Fsp3) is 0.455. The molecule has 0 radical (unpaired) electrons. The molecular weight excluding hydrogens is 236 g/mol. The van der Waals surface area contributed by atoms with Gasteiger partial charge in [-0.3, -0.25) is 0 Å². The van der Waals surface area contributed by atoms with Gasteiger partial charge in [0.2, 0.25) is 0 Å². The lowest BCUT2D eigenvalue weighted by atomic mass is 10.2.